The Bertz CT molecular complexity index is 220. The van der Waals surface area contributed by atoms with Crippen LogP contribution in [0.2, 0.25) is 0 Å². The Balaban J connectivity index is 2.48. The van der Waals surface area contributed by atoms with E-state index in [0.717, 1.165) is 0 Å². The third-order valence-electron chi connectivity index (χ3n) is 2.18. The van der Waals surface area contributed by atoms with Gasteiger partial charge in [-0.1, -0.05) is 0 Å². The molecule has 7 heteroatoms. The molecule has 80 valence electrons. The van der Waals surface area contributed by atoms with Gasteiger partial charge in [-0.25, -0.2) is 0 Å². The van der Waals surface area contributed by atoms with Crippen molar-refractivity contribution >= 4 is 6.47 Å². The lowest BCUT2D eigenvalue weighted by atomic mass is 10.3. The molecule has 0 amide bonds. The molecule has 0 aliphatic heterocycles. The Morgan fingerprint density at radius 1 is 1.43 bits per heavy atom. The minimum Gasteiger partial charge on any atom is -0.464 e. The van der Waals surface area contributed by atoms with Crippen molar-refractivity contribution in [1.82, 2.24) is 0 Å². The monoisotopic (exact) mass is 205 g/mol. The van der Waals surface area contributed by atoms with E-state index in [-0.39, 0.29) is 12.5 Å². The molecular weight excluding hydrogens is 194 g/mol. The first-order chi connectivity index (χ1) is 6.67. The molecule has 0 heterocycles. The highest BCUT2D eigenvalue weighted by atomic mass is 17.0. The number of methoxy groups -OCH3 is 1. The first-order valence-corrected chi connectivity index (χ1v) is 4.10. The van der Waals surface area contributed by atoms with Gasteiger partial charge in [-0.2, -0.15) is 0 Å². The predicted molar refractivity (Wildman–Crippen MR) is 42.8 cm³/mol. The van der Waals surface area contributed by atoms with Gasteiger partial charge >= 0.3 is 0 Å². The predicted octanol–water partition coefficient (Wildman–Crippen LogP) is -0.0863. The fraction of sp³-hybridized carbons (Fsp3) is 0.857. The molecule has 3 atom stereocenters. The van der Waals surface area contributed by atoms with Gasteiger partial charge in [-0.3, -0.25) is 4.79 Å². The highest BCUT2D eigenvalue weighted by Gasteiger charge is 2.38. The minimum absolute atomic E-state index is 0.290. The van der Waals surface area contributed by atoms with Crippen LogP contribution >= 0.6 is 0 Å². The van der Waals surface area contributed by atoms with Crippen molar-refractivity contribution in [2.75, 3.05) is 7.11 Å². The number of ether oxygens (including phenoxy) is 2. The summed E-state index contributed by atoms with van der Waals surface area (Å²) < 4.78 is 9.66. The van der Waals surface area contributed by atoms with Crippen molar-refractivity contribution in [2.45, 2.75) is 31.2 Å². The molecule has 0 aromatic carbocycles. The minimum atomic E-state index is -0.861. The maximum absolute atomic E-state index is 10.1. The SMILES string of the molecule is CO[C@H]1C[C@@H](OC=O)C[C@@H]1O[N+](=O)[O-]. The summed E-state index contributed by atoms with van der Waals surface area (Å²) in [6.45, 7) is 0.325. The summed E-state index contributed by atoms with van der Waals surface area (Å²) in [5.74, 6) is 0. The van der Waals surface area contributed by atoms with Crippen LogP contribution in [0.25, 0.3) is 0 Å². The second-order valence-corrected chi connectivity index (χ2v) is 2.97. The molecule has 0 spiro atoms. The van der Waals surface area contributed by atoms with Crippen LogP contribution in [-0.4, -0.2) is 37.0 Å². The van der Waals surface area contributed by atoms with E-state index in [0.29, 0.717) is 12.9 Å². The summed E-state index contributed by atoms with van der Waals surface area (Å²) in [5.41, 5.74) is 0. The first kappa shape index (κ1) is 10.7. The van der Waals surface area contributed by atoms with Crippen molar-refractivity contribution in [3.63, 3.8) is 0 Å². The number of hydrogen-bond acceptors (Lipinski definition) is 6. The summed E-state index contributed by atoms with van der Waals surface area (Å²) in [4.78, 5) is 24.5. The van der Waals surface area contributed by atoms with E-state index >= 15 is 0 Å². The van der Waals surface area contributed by atoms with Crippen LogP contribution < -0.4 is 0 Å². The third-order valence-corrected chi connectivity index (χ3v) is 2.18. The maximum Gasteiger partial charge on any atom is 0.294 e. The van der Waals surface area contributed by atoms with Crippen molar-refractivity contribution in [2.24, 2.45) is 0 Å². The van der Waals surface area contributed by atoms with Gasteiger partial charge in [0.25, 0.3) is 11.6 Å². The van der Waals surface area contributed by atoms with Gasteiger partial charge in [0.05, 0.1) is 6.10 Å². The zero-order valence-electron chi connectivity index (χ0n) is 7.62. The first-order valence-electron chi connectivity index (χ1n) is 4.10. The van der Waals surface area contributed by atoms with Crippen LogP contribution in [0.1, 0.15) is 12.8 Å². The maximum atomic E-state index is 10.1. The Morgan fingerprint density at radius 3 is 2.57 bits per heavy atom. The van der Waals surface area contributed by atoms with Crippen LogP contribution in [0, 0.1) is 10.1 Å². The normalized spacial score (nSPS) is 31.1. The van der Waals surface area contributed by atoms with Crippen LogP contribution in [0.4, 0.5) is 0 Å². The van der Waals surface area contributed by atoms with E-state index in [1.807, 2.05) is 0 Å². The average Bonchev–Trinajstić information content (AvgIpc) is 2.47. The standard InChI is InChI=1S/C7H11NO6/c1-12-6-2-5(13-4-9)3-7(6)14-8(10)11/h4-7H,2-3H2,1H3/t5-,6+,7+/m1/s1. The number of nitrogens with zero attached hydrogens (tertiary/aromatic N) is 1. The molecule has 1 aliphatic rings. The molecule has 0 bridgehead atoms. The number of carbonyl (C=O) groups is 1. The Hall–Kier alpha value is -1.37. The fourth-order valence-corrected chi connectivity index (χ4v) is 1.58. The van der Waals surface area contributed by atoms with Crippen LogP contribution in [0.5, 0.6) is 0 Å². The van der Waals surface area contributed by atoms with Gasteiger partial charge in [0.15, 0.2) is 0 Å². The van der Waals surface area contributed by atoms with Crippen LogP contribution in [0.15, 0.2) is 0 Å². The molecule has 1 saturated carbocycles. The lowest BCUT2D eigenvalue weighted by Gasteiger charge is -2.14. The summed E-state index contributed by atoms with van der Waals surface area (Å²) in [6.07, 6.45) is -0.695. The molecular formula is C7H11NO6. The molecule has 1 rings (SSSR count). The number of hydrogen-bond donors (Lipinski definition) is 0. The zero-order valence-corrected chi connectivity index (χ0v) is 7.62. The van der Waals surface area contributed by atoms with E-state index in [4.69, 9.17) is 4.74 Å². The molecule has 0 unspecified atom stereocenters. The Morgan fingerprint density at radius 2 is 2.07 bits per heavy atom. The van der Waals surface area contributed by atoms with Crippen LogP contribution in [0.3, 0.4) is 0 Å². The van der Waals surface area contributed by atoms with Gasteiger partial charge in [0.1, 0.15) is 12.2 Å². The van der Waals surface area contributed by atoms with Gasteiger partial charge in [-0.15, -0.1) is 10.1 Å². The van der Waals surface area contributed by atoms with Gasteiger partial charge in [-0.05, 0) is 0 Å². The van der Waals surface area contributed by atoms with E-state index in [1.54, 1.807) is 0 Å². The second-order valence-electron chi connectivity index (χ2n) is 2.97. The average molecular weight is 205 g/mol. The van der Waals surface area contributed by atoms with Crippen molar-refractivity contribution in [3.05, 3.63) is 10.1 Å². The van der Waals surface area contributed by atoms with Crippen molar-refractivity contribution in [1.29, 1.82) is 0 Å². The smallest absolute Gasteiger partial charge is 0.294 e. The highest BCUT2D eigenvalue weighted by Crippen LogP contribution is 2.26. The molecule has 7 nitrogen and oxygen atoms in total. The van der Waals surface area contributed by atoms with E-state index in [9.17, 15) is 14.9 Å². The van der Waals surface area contributed by atoms with Crippen molar-refractivity contribution < 1.29 is 24.2 Å². The molecule has 0 aromatic rings. The Labute approximate surface area is 80.0 Å². The van der Waals surface area contributed by atoms with Gasteiger partial charge in [0, 0.05) is 20.0 Å². The summed E-state index contributed by atoms with van der Waals surface area (Å²) in [7, 11) is 1.43. The molecule has 0 N–H and O–H groups in total. The quantitative estimate of drug-likeness (QED) is 0.354. The van der Waals surface area contributed by atoms with Gasteiger partial charge < -0.3 is 14.3 Å². The highest BCUT2D eigenvalue weighted by molar-refractivity contribution is 5.37. The molecule has 14 heavy (non-hydrogen) atoms. The topological polar surface area (TPSA) is 87.9 Å². The zero-order chi connectivity index (χ0) is 10.6. The fourth-order valence-electron chi connectivity index (χ4n) is 1.58. The summed E-state index contributed by atoms with van der Waals surface area (Å²) in [5, 5.41) is 9.24. The lowest BCUT2D eigenvalue weighted by Crippen LogP contribution is -2.27. The van der Waals surface area contributed by atoms with E-state index in [2.05, 4.69) is 9.57 Å². The van der Waals surface area contributed by atoms with Crippen molar-refractivity contribution in [3.8, 4) is 0 Å². The van der Waals surface area contributed by atoms with E-state index < -0.39 is 17.3 Å². The second kappa shape index (κ2) is 4.75. The Kier molecular flexibility index (Phi) is 3.63. The lowest BCUT2D eigenvalue weighted by molar-refractivity contribution is -0.770. The van der Waals surface area contributed by atoms with Crippen LogP contribution in [-0.2, 0) is 19.1 Å². The third kappa shape index (κ3) is 2.56. The number of carbonyl (C=O) groups excluding carboxylic acids is 1. The van der Waals surface area contributed by atoms with Gasteiger partial charge in [0.2, 0.25) is 0 Å². The van der Waals surface area contributed by atoms with E-state index in [1.165, 1.54) is 7.11 Å². The summed E-state index contributed by atoms with van der Waals surface area (Å²) >= 11 is 0. The molecule has 1 aliphatic carbocycles. The number of rotatable bonds is 5. The molecule has 0 aromatic heterocycles. The largest absolute Gasteiger partial charge is 0.464 e. The molecule has 0 radical (unpaired) electrons. The summed E-state index contributed by atoms with van der Waals surface area (Å²) in [6, 6.07) is 0. The molecule has 1 fully saturated rings. The molecule has 0 saturated heterocycles.